The lowest BCUT2D eigenvalue weighted by Gasteiger charge is -2.08. The molecular formula is C16H14N2O7. The molecule has 0 saturated heterocycles. The van der Waals surface area contributed by atoms with Gasteiger partial charge in [0.2, 0.25) is 0 Å². The number of carbonyl (C=O) groups is 2. The molecule has 9 heteroatoms. The van der Waals surface area contributed by atoms with Gasteiger partial charge in [0.25, 0.3) is 11.6 Å². The number of ether oxygens (including phenoxy) is 2. The molecule has 2 rings (SSSR count). The number of nitro benzene ring substituents is 1. The topological polar surface area (TPSA) is 128 Å². The molecule has 0 aromatic heterocycles. The maximum absolute atomic E-state index is 11.9. The van der Waals surface area contributed by atoms with Crippen molar-refractivity contribution in [1.29, 1.82) is 0 Å². The molecule has 0 atom stereocenters. The monoisotopic (exact) mass is 346 g/mol. The molecule has 25 heavy (non-hydrogen) atoms. The van der Waals surface area contributed by atoms with Crippen LogP contribution in [-0.2, 0) is 9.53 Å². The molecule has 1 amide bonds. The molecular weight excluding hydrogens is 332 g/mol. The lowest BCUT2D eigenvalue weighted by Crippen LogP contribution is -2.21. The van der Waals surface area contributed by atoms with Crippen LogP contribution in [0.25, 0.3) is 0 Å². The number of nitrogens with zero attached hydrogens (tertiary/aromatic N) is 1. The smallest absolute Gasteiger partial charge is 0.338 e. The van der Waals surface area contributed by atoms with Crippen molar-refractivity contribution in [3.8, 4) is 11.5 Å². The average Bonchev–Trinajstić information content (AvgIpc) is 2.59. The van der Waals surface area contributed by atoms with Crippen molar-refractivity contribution >= 4 is 23.3 Å². The fourth-order valence-electron chi connectivity index (χ4n) is 1.93. The minimum atomic E-state index is -0.810. The zero-order valence-electron chi connectivity index (χ0n) is 13.1. The summed E-state index contributed by atoms with van der Waals surface area (Å²) in [5, 5.41) is 22.6. The van der Waals surface area contributed by atoms with E-state index in [-0.39, 0.29) is 28.4 Å². The maximum atomic E-state index is 11.9. The highest BCUT2D eigenvalue weighted by Crippen LogP contribution is 2.28. The highest BCUT2D eigenvalue weighted by Gasteiger charge is 2.18. The lowest BCUT2D eigenvalue weighted by atomic mass is 10.2. The number of nitro groups is 1. The van der Waals surface area contributed by atoms with E-state index in [9.17, 15) is 24.8 Å². The number of amides is 1. The molecule has 0 aliphatic heterocycles. The van der Waals surface area contributed by atoms with E-state index in [0.29, 0.717) is 0 Å². The third-order valence-electron chi connectivity index (χ3n) is 3.09. The molecule has 0 bridgehead atoms. The van der Waals surface area contributed by atoms with E-state index in [0.717, 1.165) is 6.07 Å². The van der Waals surface area contributed by atoms with Crippen molar-refractivity contribution in [1.82, 2.24) is 0 Å². The Bertz CT molecular complexity index is 820. The second-order valence-corrected chi connectivity index (χ2v) is 4.81. The molecule has 130 valence electrons. The first-order chi connectivity index (χ1) is 11.9. The van der Waals surface area contributed by atoms with E-state index >= 15 is 0 Å². The van der Waals surface area contributed by atoms with Crippen LogP contribution in [0.3, 0.4) is 0 Å². The maximum Gasteiger partial charge on any atom is 0.338 e. The summed E-state index contributed by atoms with van der Waals surface area (Å²) in [4.78, 5) is 34.0. The Morgan fingerprint density at radius 1 is 1.24 bits per heavy atom. The second kappa shape index (κ2) is 7.77. The molecule has 2 aromatic carbocycles. The standard InChI is InChI=1S/C16H14N2O7/c1-24-12-5-6-13(14(8-12)18(22)23)17-15(20)9-25-16(21)10-3-2-4-11(19)7-10/h2-8,19H,9H2,1H3,(H,17,20). The highest BCUT2D eigenvalue weighted by atomic mass is 16.6. The number of phenolic OH excluding ortho intramolecular Hbond substituents is 1. The van der Waals surface area contributed by atoms with Gasteiger partial charge < -0.3 is 19.9 Å². The third-order valence-corrected chi connectivity index (χ3v) is 3.09. The summed E-state index contributed by atoms with van der Waals surface area (Å²) in [6.45, 7) is -0.641. The minimum Gasteiger partial charge on any atom is -0.508 e. The number of benzene rings is 2. The summed E-state index contributed by atoms with van der Waals surface area (Å²) in [6.07, 6.45) is 0. The molecule has 2 N–H and O–H groups in total. The number of phenols is 1. The largest absolute Gasteiger partial charge is 0.508 e. The van der Waals surface area contributed by atoms with Crippen LogP contribution in [0.2, 0.25) is 0 Å². The first-order valence-electron chi connectivity index (χ1n) is 6.99. The van der Waals surface area contributed by atoms with Crippen molar-refractivity contribution in [2.75, 3.05) is 19.0 Å². The van der Waals surface area contributed by atoms with Gasteiger partial charge in [-0.3, -0.25) is 14.9 Å². The van der Waals surface area contributed by atoms with Crippen LogP contribution in [0.4, 0.5) is 11.4 Å². The van der Waals surface area contributed by atoms with Gasteiger partial charge >= 0.3 is 5.97 Å². The van der Waals surface area contributed by atoms with Gasteiger partial charge in [-0.15, -0.1) is 0 Å². The van der Waals surface area contributed by atoms with Crippen LogP contribution in [0.15, 0.2) is 42.5 Å². The number of esters is 1. The quantitative estimate of drug-likeness (QED) is 0.465. The summed E-state index contributed by atoms with van der Waals surface area (Å²) < 4.78 is 9.70. The van der Waals surface area contributed by atoms with Crippen LogP contribution in [0.5, 0.6) is 11.5 Å². The van der Waals surface area contributed by atoms with Crippen LogP contribution in [0.1, 0.15) is 10.4 Å². The Morgan fingerprint density at radius 2 is 2.00 bits per heavy atom. The van der Waals surface area contributed by atoms with Gasteiger partial charge in [0.1, 0.15) is 17.2 Å². The first kappa shape index (κ1) is 17.7. The van der Waals surface area contributed by atoms with E-state index in [4.69, 9.17) is 9.47 Å². The van der Waals surface area contributed by atoms with E-state index in [1.807, 2.05) is 0 Å². The second-order valence-electron chi connectivity index (χ2n) is 4.81. The Morgan fingerprint density at radius 3 is 2.64 bits per heavy atom. The molecule has 9 nitrogen and oxygen atoms in total. The van der Waals surface area contributed by atoms with E-state index in [1.165, 1.54) is 43.5 Å². The van der Waals surface area contributed by atoms with Gasteiger partial charge in [0, 0.05) is 0 Å². The zero-order chi connectivity index (χ0) is 18.4. The molecule has 0 radical (unpaired) electrons. The van der Waals surface area contributed by atoms with Gasteiger partial charge in [-0.1, -0.05) is 6.07 Å². The van der Waals surface area contributed by atoms with Gasteiger partial charge in [0.05, 0.1) is 23.7 Å². The number of anilines is 1. The first-order valence-corrected chi connectivity index (χ1v) is 6.99. The SMILES string of the molecule is COc1ccc(NC(=O)COC(=O)c2cccc(O)c2)c([N+](=O)[O-])c1. The Labute approximate surface area is 141 Å². The number of carbonyl (C=O) groups excluding carboxylic acids is 2. The molecule has 2 aromatic rings. The van der Waals surface area contributed by atoms with Crippen LogP contribution < -0.4 is 10.1 Å². The van der Waals surface area contributed by atoms with Crippen LogP contribution >= 0.6 is 0 Å². The molecule has 0 spiro atoms. The van der Waals surface area contributed by atoms with E-state index in [1.54, 1.807) is 0 Å². The van der Waals surface area contributed by atoms with Gasteiger partial charge in [-0.05, 0) is 30.3 Å². The number of methoxy groups -OCH3 is 1. The summed E-state index contributed by atoms with van der Waals surface area (Å²) in [5.41, 5.74) is -0.334. The predicted octanol–water partition coefficient (Wildman–Crippen LogP) is 2.10. The van der Waals surface area contributed by atoms with Gasteiger partial charge in [0.15, 0.2) is 6.61 Å². The summed E-state index contributed by atoms with van der Waals surface area (Å²) >= 11 is 0. The molecule has 0 heterocycles. The number of rotatable bonds is 6. The van der Waals surface area contributed by atoms with Crippen LogP contribution in [-0.4, -0.2) is 35.6 Å². The summed E-state index contributed by atoms with van der Waals surface area (Å²) in [6, 6.07) is 9.35. The van der Waals surface area contributed by atoms with Crippen molar-refractivity contribution < 1.29 is 29.1 Å². The zero-order valence-corrected chi connectivity index (χ0v) is 13.1. The van der Waals surface area contributed by atoms with Crippen molar-refractivity contribution in [2.24, 2.45) is 0 Å². The highest BCUT2D eigenvalue weighted by molar-refractivity contribution is 5.97. The molecule has 0 aliphatic rings. The number of hydrogen-bond donors (Lipinski definition) is 2. The Balaban J connectivity index is 2.01. The van der Waals surface area contributed by atoms with E-state index < -0.39 is 23.4 Å². The van der Waals surface area contributed by atoms with Crippen molar-refractivity contribution in [3.05, 3.63) is 58.1 Å². The molecule has 0 saturated carbocycles. The fraction of sp³-hybridized carbons (Fsp3) is 0.125. The van der Waals surface area contributed by atoms with E-state index in [2.05, 4.69) is 5.32 Å². The fourth-order valence-corrected chi connectivity index (χ4v) is 1.93. The molecule has 0 fully saturated rings. The van der Waals surface area contributed by atoms with Crippen molar-refractivity contribution in [2.45, 2.75) is 0 Å². The summed E-state index contributed by atoms with van der Waals surface area (Å²) in [7, 11) is 1.36. The number of nitrogens with one attached hydrogen (secondary N) is 1. The lowest BCUT2D eigenvalue weighted by molar-refractivity contribution is -0.384. The molecule has 0 aliphatic carbocycles. The Hall–Kier alpha value is -3.62. The minimum absolute atomic E-state index is 0.0517. The predicted molar refractivity (Wildman–Crippen MR) is 86.7 cm³/mol. The van der Waals surface area contributed by atoms with Crippen molar-refractivity contribution in [3.63, 3.8) is 0 Å². The normalized spacial score (nSPS) is 9.96. The summed E-state index contributed by atoms with van der Waals surface area (Å²) in [5.74, 6) is -1.41. The molecule has 0 unspecified atom stereocenters. The number of aromatic hydroxyl groups is 1. The van der Waals surface area contributed by atoms with Gasteiger partial charge in [-0.25, -0.2) is 4.79 Å². The third kappa shape index (κ3) is 4.67. The average molecular weight is 346 g/mol. The van der Waals surface area contributed by atoms with Gasteiger partial charge in [-0.2, -0.15) is 0 Å². The van der Waals surface area contributed by atoms with Crippen LogP contribution in [0, 0.1) is 10.1 Å². The number of hydrogen-bond acceptors (Lipinski definition) is 7. The Kier molecular flexibility index (Phi) is 5.51.